The van der Waals surface area contributed by atoms with Gasteiger partial charge in [0, 0.05) is 18.0 Å². The highest BCUT2D eigenvalue weighted by atomic mass is 16.5. The molecule has 3 aromatic heterocycles. The van der Waals surface area contributed by atoms with E-state index in [0.717, 1.165) is 40.5 Å². The number of fused-ring (bicyclic) bond motifs is 2. The van der Waals surface area contributed by atoms with Gasteiger partial charge in [-0.05, 0) is 43.0 Å². The smallest absolute Gasteiger partial charge is 0.234 e. The average molecular weight is 417 g/mol. The van der Waals surface area contributed by atoms with Crippen molar-refractivity contribution in [1.82, 2.24) is 19.7 Å². The number of aromatic nitrogens is 3. The number of oxazole rings is 1. The minimum absolute atomic E-state index is 0.0800. The van der Waals surface area contributed by atoms with E-state index in [2.05, 4.69) is 21.7 Å². The van der Waals surface area contributed by atoms with Crippen molar-refractivity contribution in [1.29, 1.82) is 0 Å². The molecule has 3 aromatic rings. The van der Waals surface area contributed by atoms with Gasteiger partial charge in [0.05, 0.1) is 31.5 Å². The molecule has 8 nitrogen and oxygen atoms in total. The number of piperidine rings is 1. The van der Waals surface area contributed by atoms with Crippen LogP contribution in [-0.4, -0.2) is 27.4 Å². The molecule has 1 amide bonds. The van der Waals surface area contributed by atoms with Crippen LogP contribution in [0.3, 0.4) is 0 Å². The van der Waals surface area contributed by atoms with E-state index in [1.54, 1.807) is 13.3 Å². The van der Waals surface area contributed by atoms with Crippen LogP contribution in [0.25, 0.3) is 5.65 Å². The molecular formula is C23H23N5O3. The van der Waals surface area contributed by atoms with Gasteiger partial charge < -0.3 is 19.8 Å². The van der Waals surface area contributed by atoms with Gasteiger partial charge in [-0.1, -0.05) is 12.1 Å². The number of hydrogen-bond donors (Lipinski definition) is 2. The first-order chi connectivity index (χ1) is 15.1. The fourth-order valence-corrected chi connectivity index (χ4v) is 4.01. The molecule has 31 heavy (non-hydrogen) atoms. The maximum atomic E-state index is 13.1. The number of aryl methyl sites for hydroxylation is 1. The monoisotopic (exact) mass is 417 g/mol. The molecule has 2 aliphatic rings. The summed E-state index contributed by atoms with van der Waals surface area (Å²) < 4.78 is 12.7. The van der Waals surface area contributed by atoms with Gasteiger partial charge in [-0.25, -0.2) is 9.97 Å². The van der Waals surface area contributed by atoms with Crippen molar-refractivity contribution in [2.45, 2.75) is 32.2 Å². The summed E-state index contributed by atoms with van der Waals surface area (Å²) in [6.07, 6.45) is 12.4. The number of pyridine rings is 1. The second-order valence-corrected chi connectivity index (χ2v) is 7.68. The zero-order chi connectivity index (χ0) is 21.4. The summed E-state index contributed by atoms with van der Waals surface area (Å²) in [5.74, 6) is 1.75. The Hall–Kier alpha value is -3.81. The summed E-state index contributed by atoms with van der Waals surface area (Å²) >= 11 is 0. The highest BCUT2D eigenvalue weighted by Gasteiger charge is 2.34. The quantitative estimate of drug-likeness (QED) is 0.659. The lowest BCUT2D eigenvalue weighted by atomic mass is 9.89. The molecule has 158 valence electrons. The van der Waals surface area contributed by atoms with E-state index in [9.17, 15) is 4.79 Å². The Kier molecular flexibility index (Phi) is 4.82. The molecule has 2 N–H and O–H groups in total. The van der Waals surface area contributed by atoms with Crippen molar-refractivity contribution in [3.63, 3.8) is 0 Å². The maximum Gasteiger partial charge on any atom is 0.234 e. The Labute approximate surface area is 179 Å². The van der Waals surface area contributed by atoms with Crippen LogP contribution in [0.1, 0.15) is 35.8 Å². The fraction of sp³-hybridized carbons (Fsp3) is 0.261. The van der Waals surface area contributed by atoms with Gasteiger partial charge in [-0.3, -0.25) is 9.20 Å². The van der Waals surface area contributed by atoms with Crippen LogP contribution in [0, 0.1) is 6.92 Å². The van der Waals surface area contributed by atoms with E-state index in [1.807, 2.05) is 41.8 Å². The van der Waals surface area contributed by atoms with Gasteiger partial charge in [0.2, 0.25) is 5.91 Å². The average Bonchev–Trinajstić information content (AvgIpc) is 3.35. The van der Waals surface area contributed by atoms with E-state index in [4.69, 9.17) is 14.1 Å². The third-order valence-corrected chi connectivity index (χ3v) is 5.59. The molecule has 1 fully saturated rings. The van der Waals surface area contributed by atoms with Crippen molar-refractivity contribution < 1.29 is 13.9 Å². The minimum atomic E-state index is -0.412. The second-order valence-electron chi connectivity index (χ2n) is 7.68. The lowest BCUT2D eigenvalue weighted by Crippen LogP contribution is -2.35. The number of carbonyl (C=O) groups excluding carboxylic acids is 1. The summed E-state index contributed by atoms with van der Waals surface area (Å²) in [7, 11) is 1.63. The molecule has 1 atom stereocenters. The first-order valence-electron chi connectivity index (χ1n) is 10.2. The Morgan fingerprint density at radius 1 is 1.35 bits per heavy atom. The van der Waals surface area contributed by atoms with Crippen molar-refractivity contribution in [2.75, 3.05) is 12.4 Å². The molecule has 0 radical (unpaired) electrons. The molecule has 8 heteroatoms. The summed E-state index contributed by atoms with van der Waals surface area (Å²) in [4.78, 5) is 21.9. The summed E-state index contributed by atoms with van der Waals surface area (Å²) in [6, 6.07) is 3.98. The predicted molar refractivity (Wildman–Crippen MR) is 115 cm³/mol. The molecule has 1 aliphatic carbocycles. The van der Waals surface area contributed by atoms with Crippen LogP contribution in [0.5, 0.6) is 0 Å². The van der Waals surface area contributed by atoms with E-state index in [0.29, 0.717) is 24.4 Å². The number of methoxy groups -OCH3 is 1. The highest BCUT2D eigenvalue weighted by Crippen LogP contribution is 2.37. The molecule has 0 spiro atoms. The summed E-state index contributed by atoms with van der Waals surface area (Å²) in [5, 5.41) is 6.46. The van der Waals surface area contributed by atoms with Gasteiger partial charge in [-0.2, -0.15) is 0 Å². The van der Waals surface area contributed by atoms with Crippen LogP contribution >= 0.6 is 0 Å². The number of nitrogens with one attached hydrogen (secondary N) is 2. The molecule has 1 unspecified atom stereocenters. The van der Waals surface area contributed by atoms with E-state index >= 15 is 0 Å². The zero-order valence-corrected chi connectivity index (χ0v) is 17.4. The second kappa shape index (κ2) is 7.79. The number of ether oxygens (including phenoxy) is 1. The number of carbonyl (C=O) groups is 1. The van der Waals surface area contributed by atoms with Crippen LogP contribution in [0.15, 0.2) is 70.6 Å². The third kappa shape index (κ3) is 3.61. The Morgan fingerprint density at radius 2 is 2.26 bits per heavy atom. The standard InChI is InChI=1S/C23H23N5O3/c1-14-6-7-20-27-21(22(28(20)12-14)25-11-17-10-24-13-31-17)18-8-15-4-3-5-16(30-2)9-19(15)26-23(18)29/h4-7,9-10,12-13,18,25H,3,8,11H2,1-2H3,(H,26,29). The van der Waals surface area contributed by atoms with Crippen LogP contribution < -0.4 is 10.6 Å². The lowest BCUT2D eigenvalue weighted by molar-refractivity contribution is -0.122. The van der Waals surface area contributed by atoms with E-state index in [-0.39, 0.29) is 5.91 Å². The molecule has 0 aromatic carbocycles. The van der Waals surface area contributed by atoms with Crippen molar-refractivity contribution >= 4 is 17.4 Å². The van der Waals surface area contributed by atoms with Gasteiger partial charge in [0.15, 0.2) is 6.39 Å². The third-order valence-electron chi connectivity index (χ3n) is 5.59. The number of allylic oxidation sites excluding steroid dienone is 4. The number of imidazole rings is 1. The first kappa shape index (κ1) is 19.2. The SMILES string of the molecule is COC1=CCC=C2CC(c3nc4ccc(C)cn4c3NCc3cnco3)C(=O)NC2=C1. The molecule has 0 saturated carbocycles. The first-order valence-corrected chi connectivity index (χ1v) is 10.2. The van der Waals surface area contributed by atoms with Crippen molar-refractivity contribution in [3.8, 4) is 0 Å². The Balaban J connectivity index is 1.53. The normalized spacial score (nSPS) is 18.5. The molecule has 1 saturated heterocycles. The fourth-order valence-electron chi connectivity index (χ4n) is 4.01. The van der Waals surface area contributed by atoms with Gasteiger partial charge in [0.25, 0.3) is 0 Å². The topological polar surface area (TPSA) is 93.7 Å². The number of anilines is 1. The number of amides is 1. The van der Waals surface area contributed by atoms with E-state index in [1.165, 1.54) is 6.39 Å². The largest absolute Gasteiger partial charge is 0.497 e. The zero-order valence-electron chi connectivity index (χ0n) is 17.4. The Bertz CT molecular complexity index is 1230. The number of hydrogen-bond acceptors (Lipinski definition) is 6. The predicted octanol–water partition coefficient (Wildman–Crippen LogP) is 3.59. The highest BCUT2D eigenvalue weighted by molar-refractivity contribution is 5.89. The molecule has 0 bridgehead atoms. The molecule has 5 rings (SSSR count). The molecular weight excluding hydrogens is 394 g/mol. The molecule has 1 aliphatic heterocycles. The summed E-state index contributed by atoms with van der Waals surface area (Å²) in [5.41, 5.74) is 4.48. The molecule has 4 heterocycles. The lowest BCUT2D eigenvalue weighted by Gasteiger charge is -2.26. The summed E-state index contributed by atoms with van der Waals surface area (Å²) in [6.45, 7) is 2.47. The maximum absolute atomic E-state index is 13.1. The van der Waals surface area contributed by atoms with Gasteiger partial charge in [-0.15, -0.1) is 0 Å². The Morgan fingerprint density at radius 3 is 3.06 bits per heavy atom. The van der Waals surface area contributed by atoms with E-state index < -0.39 is 5.92 Å². The van der Waals surface area contributed by atoms with Gasteiger partial charge in [0.1, 0.15) is 23.0 Å². The number of nitrogens with zero attached hydrogens (tertiary/aromatic N) is 3. The van der Waals surface area contributed by atoms with Crippen molar-refractivity contribution in [2.24, 2.45) is 0 Å². The minimum Gasteiger partial charge on any atom is -0.497 e. The van der Waals surface area contributed by atoms with Crippen LogP contribution in [-0.2, 0) is 16.1 Å². The number of rotatable bonds is 5. The van der Waals surface area contributed by atoms with Gasteiger partial charge >= 0.3 is 0 Å². The van der Waals surface area contributed by atoms with Crippen molar-refractivity contribution in [3.05, 3.63) is 83.2 Å². The van der Waals surface area contributed by atoms with Crippen LogP contribution in [0.2, 0.25) is 0 Å². The van der Waals surface area contributed by atoms with Crippen LogP contribution in [0.4, 0.5) is 5.82 Å².